The first-order valence-electron chi connectivity index (χ1n) is 10.0. The molecule has 0 spiro atoms. The molecule has 0 fully saturated rings. The third-order valence-corrected chi connectivity index (χ3v) is 7.17. The lowest BCUT2D eigenvalue weighted by atomic mass is 10.2. The van der Waals surface area contributed by atoms with Gasteiger partial charge in [-0.3, -0.25) is 9.69 Å². The number of furan rings is 1. The minimum absolute atomic E-state index is 0.0201. The lowest BCUT2D eigenvalue weighted by Gasteiger charge is -2.18. The highest BCUT2D eigenvalue weighted by atomic mass is 32.2. The molecule has 0 saturated heterocycles. The number of hydrogen-bond acceptors (Lipinski definition) is 6. The number of fused-ring (bicyclic) bond motifs is 1. The van der Waals surface area contributed by atoms with Gasteiger partial charge < -0.3 is 9.15 Å². The number of thioether (sulfide) groups is 1. The fourth-order valence-electron chi connectivity index (χ4n) is 3.23. The van der Waals surface area contributed by atoms with E-state index in [1.54, 1.807) is 30.0 Å². The lowest BCUT2D eigenvalue weighted by Crippen LogP contribution is -2.30. The first kappa shape index (κ1) is 21.5. The highest BCUT2D eigenvalue weighted by Gasteiger charge is 2.22. The number of rotatable bonds is 8. The van der Waals surface area contributed by atoms with Crippen LogP contribution in [0.3, 0.4) is 0 Å². The topological polar surface area (TPSA) is 55.6 Å². The minimum Gasteiger partial charge on any atom is -0.494 e. The molecule has 0 atom stereocenters. The number of hydrogen-bond donors (Lipinski definition) is 0. The Morgan fingerprint density at radius 1 is 1.16 bits per heavy atom. The van der Waals surface area contributed by atoms with Crippen molar-refractivity contribution in [1.82, 2.24) is 4.98 Å². The molecule has 0 N–H and O–H groups in total. The largest absolute Gasteiger partial charge is 0.494 e. The Hall–Kier alpha value is -2.77. The molecule has 7 heteroatoms. The maximum atomic E-state index is 13.2. The summed E-state index contributed by atoms with van der Waals surface area (Å²) >= 11 is 3.19. The third-order valence-electron chi connectivity index (χ3n) is 4.94. The van der Waals surface area contributed by atoms with Crippen molar-refractivity contribution < 1.29 is 13.9 Å². The van der Waals surface area contributed by atoms with Crippen molar-refractivity contribution in [2.24, 2.45) is 0 Å². The van der Waals surface area contributed by atoms with Gasteiger partial charge in [-0.1, -0.05) is 35.1 Å². The van der Waals surface area contributed by atoms with Crippen LogP contribution in [0.4, 0.5) is 5.13 Å². The van der Waals surface area contributed by atoms with Gasteiger partial charge in [0.1, 0.15) is 17.0 Å². The van der Waals surface area contributed by atoms with Crippen LogP contribution in [0.15, 0.2) is 64.1 Å². The predicted octanol–water partition coefficient (Wildman–Crippen LogP) is 6.23. The first-order valence-corrected chi connectivity index (χ1v) is 11.8. The van der Waals surface area contributed by atoms with E-state index in [9.17, 15) is 4.79 Å². The standard InChI is InChI=1S/C24H24N2O3S2/c1-16-6-9-19(10-7-16)30-14-12-21(27)26(15-18-5-4-13-29-18)24-25-22-20(28-3)11-8-17(2)23(22)31-24/h4-11,13H,12,14-15H2,1-3H3. The molecule has 5 nitrogen and oxygen atoms in total. The predicted molar refractivity (Wildman–Crippen MR) is 127 cm³/mol. The van der Waals surface area contributed by atoms with Gasteiger partial charge in [-0.05, 0) is 49.7 Å². The zero-order valence-electron chi connectivity index (χ0n) is 17.8. The number of anilines is 1. The molecule has 1 amide bonds. The number of aromatic nitrogens is 1. The van der Waals surface area contributed by atoms with Gasteiger partial charge in [0.2, 0.25) is 5.91 Å². The van der Waals surface area contributed by atoms with E-state index in [2.05, 4.69) is 31.2 Å². The molecule has 0 unspecified atom stereocenters. The third kappa shape index (κ3) is 4.94. The Balaban J connectivity index is 1.56. The minimum atomic E-state index is 0.0201. The quantitative estimate of drug-likeness (QED) is 0.297. The molecule has 2 heterocycles. The summed E-state index contributed by atoms with van der Waals surface area (Å²) in [6.45, 7) is 4.46. The van der Waals surface area contributed by atoms with Crippen molar-refractivity contribution in [3.05, 3.63) is 71.7 Å². The second kappa shape index (κ2) is 9.58. The normalized spacial score (nSPS) is 11.1. The zero-order chi connectivity index (χ0) is 21.8. The van der Waals surface area contributed by atoms with E-state index < -0.39 is 0 Å². The number of aryl methyl sites for hydroxylation is 2. The van der Waals surface area contributed by atoms with Crippen LogP contribution in [0.25, 0.3) is 10.2 Å². The average Bonchev–Trinajstić information content (AvgIpc) is 3.44. The summed E-state index contributed by atoms with van der Waals surface area (Å²) in [6, 6.07) is 16.0. The number of ether oxygens (including phenoxy) is 1. The maximum Gasteiger partial charge on any atom is 0.230 e. The van der Waals surface area contributed by atoms with E-state index in [1.165, 1.54) is 16.9 Å². The Labute approximate surface area is 190 Å². The smallest absolute Gasteiger partial charge is 0.230 e. The molecule has 4 aromatic rings. The molecule has 0 aliphatic rings. The number of nitrogens with zero attached hydrogens (tertiary/aromatic N) is 2. The van der Waals surface area contributed by atoms with Crippen LogP contribution >= 0.6 is 23.1 Å². The highest BCUT2D eigenvalue weighted by molar-refractivity contribution is 7.99. The molecule has 0 aliphatic carbocycles. The summed E-state index contributed by atoms with van der Waals surface area (Å²) in [7, 11) is 1.64. The summed E-state index contributed by atoms with van der Waals surface area (Å²) in [5.41, 5.74) is 3.13. The Morgan fingerprint density at radius 3 is 2.68 bits per heavy atom. The van der Waals surface area contributed by atoms with Crippen LogP contribution in [0, 0.1) is 13.8 Å². The second-order valence-electron chi connectivity index (χ2n) is 7.23. The van der Waals surface area contributed by atoms with Gasteiger partial charge in [-0.15, -0.1) is 11.8 Å². The van der Waals surface area contributed by atoms with Crippen LogP contribution in [0.2, 0.25) is 0 Å². The number of amides is 1. The van der Waals surface area contributed by atoms with E-state index >= 15 is 0 Å². The van der Waals surface area contributed by atoms with Crippen molar-refractivity contribution in [2.75, 3.05) is 17.8 Å². The molecule has 0 saturated carbocycles. The van der Waals surface area contributed by atoms with Crippen LogP contribution < -0.4 is 9.64 Å². The molecule has 0 radical (unpaired) electrons. The van der Waals surface area contributed by atoms with Crippen LogP contribution in [0.5, 0.6) is 5.75 Å². The van der Waals surface area contributed by atoms with Crippen molar-refractivity contribution >= 4 is 44.4 Å². The molecule has 0 bridgehead atoms. The van der Waals surface area contributed by atoms with Crippen molar-refractivity contribution in [1.29, 1.82) is 0 Å². The number of benzene rings is 2. The monoisotopic (exact) mass is 452 g/mol. The van der Waals surface area contributed by atoms with E-state index in [4.69, 9.17) is 14.1 Å². The second-order valence-corrected chi connectivity index (χ2v) is 9.38. The molecule has 2 aromatic heterocycles. The van der Waals surface area contributed by atoms with E-state index in [0.717, 1.165) is 26.4 Å². The van der Waals surface area contributed by atoms with Gasteiger partial charge in [0.05, 0.1) is 24.6 Å². The molecular formula is C24H24N2O3S2. The fourth-order valence-corrected chi connectivity index (χ4v) is 5.13. The fraction of sp³-hybridized carbons (Fsp3) is 0.250. The number of thiazole rings is 1. The van der Waals surface area contributed by atoms with Crippen LogP contribution in [-0.4, -0.2) is 23.8 Å². The molecule has 2 aromatic carbocycles. The van der Waals surface area contributed by atoms with Crippen molar-refractivity contribution in [3.8, 4) is 5.75 Å². The molecule has 160 valence electrons. The van der Waals surface area contributed by atoms with Gasteiger partial charge in [0, 0.05) is 17.1 Å². The summed E-state index contributed by atoms with van der Waals surface area (Å²) in [6.07, 6.45) is 2.03. The Bertz CT molecular complexity index is 1170. The number of carbonyl (C=O) groups excluding carboxylic acids is 1. The SMILES string of the molecule is COc1ccc(C)c2sc(N(Cc3ccco3)C(=O)CCSc3ccc(C)cc3)nc12. The van der Waals surface area contributed by atoms with E-state index in [-0.39, 0.29) is 5.91 Å². The van der Waals surface area contributed by atoms with Gasteiger partial charge in [-0.25, -0.2) is 4.98 Å². The molecule has 0 aliphatic heterocycles. The molecule has 31 heavy (non-hydrogen) atoms. The van der Waals surface area contributed by atoms with E-state index in [0.29, 0.717) is 29.6 Å². The number of methoxy groups -OCH3 is 1. The Kier molecular flexibility index (Phi) is 6.63. The van der Waals surface area contributed by atoms with E-state index in [1.807, 2.05) is 31.2 Å². The maximum absolute atomic E-state index is 13.2. The molecular weight excluding hydrogens is 428 g/mol. The van der Waals surface area contributed by atoms with Gasteiger partial charge in [-0.2, -0.15) is 0 Å². The average molecular weight is 453 g/mol. The summed E-state index contributed by atoms with van der Waals surface area (Å²) in [4.78, 5) is 20.9. The highest BCUT2D eigenvalue weighted by Crippen LogP contribution is 2.37. The van der Waals surface area contributed by atoms with Gasteiger partial charge in [0.15, 0.2) is 5.13 Å². The number of carbonyl (C=O) groups is 1. The van der Waals surface area contributed by atoms with Crippen molar-refractivity contribution in [2.45, 2.75) is 31.7 Å². The van der Waals surface area contributed by atoms with Crippen LogP contribution in [-0.2, 0) is 11.3 Å². The van der Waals surface area contributed by atoms with Crippen LogP contribution in [0.1, 0.15) is 23.3 Å². The van der Waals surface area contributed by atoms with Gasteiger partial charge in [0.25, 0.3) is 0 Å². The summed E-state index contributed by atoms with van der Waals surface area (Å²) < 4.78 is 12.0. The summed E-state index contributed by atoms with van der Waals surface area (Å²) in [5.74, 6) is 2.15. The summed E-state index contributed by atoms with van der Waals surface area (Å²) in [5, 5.41) is 0.657. The van der Waals surface area contributed by atoms with Crippen molar-refractivity contribution in [3.63, 3.8) is 0 Å². The zero-order valence-corrected chi connectivity index (χ0v) is 19.4. The Morgan fingerprint density at radius 2 is 1.97 bits per heavy atom. The van der Waals surface area contributed by atoms with Gasteiger partial charge >= 0.3 is 0 Å². The lowest BCUT2D eigenvalue weighted by molar-refractivity contribution is -0.118. The first-order chi connectivity index (χ1) is 15.0. The molecule has 4 rings (SSSR count).